The van der Waals surface area contributed by atoms with Crippen LogP contribution >= 0.6 is 0 Å². The molecular weight excluding hydrogens is 226 g/mol. The maximum atomic E-state index is 5.63. The van der Waals surface area contributed by atoms with Gasteiger partial charge in [-0.1, -0.05) is 0 Å². The lowest BCUT2D eigenvalue weighted by Crippen LogP contribution is -2.08. The Bertz CT molecular complexity index is 574. The van der Waals surface area contributed by atoms with Gasteiger partial charge in [0.25, 0.3) is 0 Å². The van der Waals surface area contributed by atoms with Crippen molar-refractivity contribution in [3.63, 3.8) is 0 Å². The van der Waals surface area contributed by atoms with Gasteiger partial charge in [0.2, 0.25) is 0 Å². The van der Waals surface area contributed by atoms with E-state index in [-0.39, 0.29) is 0 Å². The second-order valence-corrected chi connectivity index (χ2v) is 4.60. The molecule has 0 unspecified atom stereocenters. The van der Waals surface area contributed by atoms with Crippen molar-refractivity contribution in [3.05, 3.63) is 29.5 Å². The molecule has 0 saturated heterocycles. The first-order valence-corrected chi connectivity index (χ1v) is 6.28. The minimum absolute atomic E-state index is 0.829. The van der Waals surface area contributed by atoms with Crippen LogP contribution in [-0.4, -0.2) is 23.9 Å². The highest BCUT2D eigenvalue weighted by atomic mass is 16.5. The second-order valence-electron chi connectivity index (χ2n) is 4.60. The molecule has 2 aromatic rings. The maximum absolute atomic E-state index is 5.63. The number of nitrogens with one attached hydrogen (secondary N) is 2. The van der Waals surface area contributed by atoms with E-state index in [2.05, 4.69) is 27.6 Å². The molecule has 94 valence electrons. The van der Waals surface area contributed by atoms with Gasteiger partial charge in [-0.3, -0.25) is 5.10 Å². The van der Waals surface area contributed by atoms with Gasteiger partial charge in [0.15, 0.2) is 0 Å². The summed E-state index contributed by atoms with van der Waals surface area (Å²) < 4.78 is 5.63. The number of rotatable bonds is 2. The minimum atomic E-state index is 0.829. The molecule has 18 heavy (non-hydrogen) atoms. The lowest BCUT2D eigenvalue weighted by Gasteiger charge is -2.17. The van der Waals surface area contributed by atoms with Gasteiger partial charge in [-0.05, 0) is 43.5 Å². The number of hydrogen-bond donors (Lipinski definition) is 2. The second kappa shape index (κ2) is 4.37. The van der Waals surface area contributed by atoms with Gasteiger partial charge in [0.05, 0.1) is 18.0 Å². The van der Waals surface area contributed by atoms with Crippen molar-refractivity contribution in [3.8, 4) is 17.0 Å². The quantitative estimate of drug-likeness (QED) is 0.852. The van der Waals surface area contributed by atoms with Crippen molar-refractivity contribution in [1.82, 2.24) is 10.2 Å². The molecule has 3 rings (SSSR count). The fourth-order valence-corrected chi connectivity index (χ4v) is 2.45. The van der Waals surface area contributed by atoms with Crippen LogP contribution in [0.3, 0.4) is 0 Å². The summed E-state index contributed by atoms with van der Waals surface area (Å²) in [5.74, 6) is 1.02. The fourth-order valence-electron chi connectivity index (χ4n) is 2.45. The zero-order valence-corrected chi connectivity index (χ0v) is 10.7. The number of fused-ring (bicyclic) bond motifs is 1. The van der Waals surface area contributed by atoms with E-state index in [1.165, 1.54) is 5.56 Å². The molecule has 0 aliphatic carbocycles. The van der Waals surface area contributed by atoms with Crippen LogP contribution in [0.1, 0.15) is 17.7 Å². The molecule has 0 saturated carbocycles. The number of benzene rings is 1. The topological polar surface area (TPSA) is 49.9 Å². The van der Waals surface area contributed by atoms with Crippen molar-refractivity contribution < 1.29 is 4.74 Å². The molecule has 4 heteroatoms. The van der Waals surface area contributed by atoms with Crippen LogP contribution in [0, 0.1) is 6.92 Å². The molecule has 1 aliphatic rings. The van der Waals surface area contributed by atoms with E-state index in [0.717, 1.165) is 47.8 Å². The molecule has 0 radical (unpaired) electrons. The van der Waals surface area contributed by atoms with E-state index < -0.39 is 0 Å². The third-order valence-electron chi connectivity index (χ3n) is 3.38. The highest BCUT2D eigenvalue weighted by Gasteiger charge is 2.15. The predicted molar refractivity (Wildman–Crippen MR) is 72.1 cm³/mol. The first-order valence-electron chi connectivity index (χ1n) is 6.28. The summed E-state index contributed by atoms with van der Waals surface area (Å²) in [5.41, 5.74) is 5.51. The Morgan fingerprint density at radius 2 is 2.28 bits per heavy atom. The Labute approximate surface area is 106 Å². The van der Waals surface area contributed by atoms with Crippen LogP contribution in [0.5, 0.6) is 5.75 Å². The van der Waals surface area contributed by atoms with Crippen molar-refractivity contribution >= 4 is 5.69 Å². The molecule has 2 heterocycles. The molecule has 1 aromatic carbocycles. The zero-order chi connectivity index (χ0) is 12.5. The average molecular weight is 243 g/mol. The van der Waals surface area contributed by atoms with Crippen LogP contribution in [0.25, 0.3) is 11.3 Å². The number of aromatic amines is 1. The van der Waals surface area contributed by atoms with Gasteiger partial charge in [-0.25, -0.2) is 0 Å². The summed E-state index contributed by atoms with van der Waals surface area (Å²) in [4.78, 5) is 0. The van der Waals surface area contributed by atoms with E-state index in [1.54, 1.807) is 0 Å². The Balaban J connectivity index is 2.06. The Kier molecular flexibility index (Phi) is 2.70. The average Bonchev–Trinajstić information content (AvgIpc) is 2.79. The summed E-state index contributed by atoms with van der Waals surface area (Å²) in [5, 5.41) is 10.6. The largest absolute Gasteiger partial charge is 0.493 e. The van der Waals surface area contributed by atoms with Crippen molar-refractivity contribution in [2.24, 2.45) is 0 Å². The zero-order valence-electron chi connectivity index (χ0n) is 10.7. The normalized spacial score (nSPS) is 13.9. The van der Waals surface area contributed by atoms with E-state index in [1.807, 2.05) is 20.0 Å². The number of ether oxygens (including phenoxy) is 1. The molecule has 1 aliphatic heterocycles. The number of aryl methyl sites for hydroxylation is 2. The number of nitrogens with zero attached hydrogens (tertiary/aromatic N) is 1. The SMILES string of the molecule is CNc1c(-c2ccc3c(c2)CCCO3)n[nH]c1C. The first kappa shape index (κ1) is 11.1. The smallest absolute Gasteiger partial charge is 0.122 e. The molecule has 4 nitrogen and oxygen atoms in total. The van der Waals surface area contributed by atoms with Crippen molar-refractivity contribution in [1.29, 1.82) is 0 Å². The number of hydrogen-bond acceptors (Lipinski definition) is 3. The lowest BCUT2D eigenvalue weighted by atomic mass is 10.0. The van der Waals surface area contributed by atoms with E-state index in [4.69, 9.17) is 4.74 Å². The van der Waals surface area contributed by atoms with E-state index >= 15 is 0 Å². The fraction of sp³-hybridized carbons (Fsp3) is 0.357. The van der Waals surface area contributed by atoms with Gasteiger partial charge in [0.1, 0.15) is 11.4 Å². The molecule has 0 amide bonds. The molecule has 0 fully saturated rings. The first-order chi connectivity index (χ1) is 8.79. The highest BCUT2D eigenvalue weighted by molar-refractivity contribution is 5.76. The van der Waals surface area contributed by atoms with Crippen LogP contribution in [0.4, 0.5) is 5.69 Å². The summed E-state index contributed by atoms with van der Waals surface area (Å²) >= 11 is 0. The van der Waals surface area contributed by atoms with Crippen LogP contribution in [0.15, 0.2) is 18.2 Å². The van der Waals surface area contributed by atoms with Crippen LogP contribution in [0.2, 0.25) is 0 Å². The van der Waals surface area contributed by atoms with Crippen molar-refractivity contribution in [2.75, 3.05) is 19.0 Å². The summed E-state index contributed by atoms with van der Waals surface area (Å²) in [6, 6.07) is 6.30. The van der Waals surface area contributed by atoms with E-state index in [9.17, 15) is 0 Å². The van der Waals surface area contributed by atoms with Crippen LogP contribution < -0.4 is 10.1 Å². The third kappa shape index (κ3) is 1.74. The molecule has 1 aromatic heterocycles. The summed E-state index contributed by atoms with van der Waals surface area (Å²) in [6.07, 6.45) is 2.18. The molecular formula is C14H17N3O. The predicted octanol–water partition coefficient (Wildman–Crippen LogP) is 2.75. The Hall–Kier alpha value is -1.97. The monoisotopic (exact) mass is 243 g/mol. The lowest BCUT2D eigenvalue weighted by molar-refractivity contribution is 0.288. The molecule has 0 atom stereocenters. The Morgan fingerprint density at radius 3 is 3.11 bits per heavy atom. The maximum Gasteiger partial charge on any atom is 0.122 e. The van der Waals surface area contributed by atoms with Crippen molar-refractivity contribution in [2.45, 2.75) is 19.8 Å². The summed E-state index contributed by atoms with van der Waals surface area (Å²) in [6.45, 7) is 2.85. The summed E-state index contributed by atoms with van der Waals surface area (Å²) in [7, 11) is 1.92. The van der Waals surface area contributed by atoms with Gasteiger partial charge < -0.3 is 10.1 Å². The van der Waals surface area contributed by atoms with Gasteiger partial charge in [0, 0.05) is 12.6 Å². The van der Waals surface area contributed by atoms with Crippen LogP contribution in [-0.2, 0) is 6.42 Å². The molecule has 0 bridgehead atoms. The molecule has 0 spiro atoms. The van der Waals surface area contributed by atoms with Gasteiger partial charge >= 0.3 is 0 Å². The minimum Gasteiger partial charge on any atom is -0.493 e. The number of aromatic nitrogens is 2. The number of anilines is 1. The number of H-pyrrole nitrogens is 1. The third-order valence-corrected chi connectivity index (χ3v) is 3.38. The van der Waals surface area contributed by atoms with E-state index in [0.29, 0.717) is 0 Å². The highest BCUT2D eigenvalue weighted by Crippen LogP contribution is 2.33. The van der Waals surface area contributed by atoms with Gasteiger partial charge in [-0.2, -0.15) is 5.10 Å². The Morgan fingerprint density at radius 1 is 1.39 bits per heavy atom. The molecule has 2 N–H and O–H groups in total. The van der Waals surface area contributed by atoms with Gasteiger partial charge in [-0.15, -0.1) is 0 Å². The standard InChI is InChI=1S/C14H17N3O/c1-9-13(15-2)14(17-16-9)11-5-6-12-10(8-11)4-3-7-18-12/h5-6,8,15H,3-4,7H2,1-2H3,(H,16,17).